The van der Waals surface area contributed by atoms with Gasteiger partial charge in [0.2, 0.25) is 5.91 Å². The van der Waals surface area contributed by atoms with Crippen molar-refractivity contribution in [2.45, 2.75) is 40.0 Å². The highest BCUT2D eigenvalue weighted by molar-refractivity contribution is 5.89. The Balaban J connectivity index is 2.32. The molecule has 0 fully saturated rings. The molecule has 1 aromatic heterocycles. The lowest BCUT2D eigenvalue weighted by Gasteiger charge is -2.17. The van der Waals surface area contributed by atoms with E-state index in [9.17, 15) is 4.79 Å². The minimum Gasteiger partial charge on any atom is -0.397 e. The number of carbonyl (C=O) groups is 1. The average Bonchev–Trinajstić information content (AvgIpc) is 2.19. The molecule has 4 nitrogen and oxygen atoms in total. The fourth-order valence-corrected chi connectivity index (χ4v) is 1.46. The summed E-state index contributed by atoms with van der Waals surface area (Å²) in [6.07, 6.45) is 3.99. The van der Waals surface area contributed by atoms with Crippen molar-refractivity contribution in [2.24, 2.45) is 5.41 Å². The summed E-state index contributed by atoms with van der Waals surface area (Å²) < 4.78 is 0. The van der Waals surface area contributed by atoms with Gasteiger partial charge in [0.15, 0.2) is 0 Å². The number of aromatic nitrogens is 1. The molecule has 0 unspecified atom stereocenters. The number of rotatable bonds is 4. The number of nitrogen functional groups attached to an aromatic ring is 1. The lowest BCUT2D eigenvalue weighted by Crippen LogP contribution is -2.14. The summed E-state index contributed by atoms with van der Waals surface area (Å²) in [5.41, 5.74) is 6.38. The molecule has 0 saturated heterocycles. The first-order chi connectivity index (χ1) is 7.87. The Morgan fingerprint density at radius 2 is 2.12 bits per heavy atom. The topological polar surface area (TPSA) is 68.0 Å². The van der Waals surface area contributed by atoms with Gasteiger partial charge in [0.25, 0.3) is 0 Å². The van der Waals surface area contributed by atoms with E-state index in [4.69, 9.17) is 5.73 Å². The zero-order chi connectivity index (χ0) is 12.9. The SMILES string of the molecule is CC(C)(C)CCCC(=O)Nc1ccc(N)cn1. The number of anilines is 2. The quantitative estimate of drug-likeness (QED) is 0.843. The van der Waals surface area contributed by atoms with Gasteiger partial charge < -0.3 is 11.1 Å². The van der Waals surface area contributed by atoms with Crippen molar-refractivity contribution in [3.8, 4) is 0 Å². The number of pyridine rings is 1. The lowest BCUT2D eigenvalue weighted by molar-refractivity contribution is -0.116. The van der Waals surface area contributed by atoms with Crippen LogP contribution in [-0.2, 0) is 4.79 Å². The highest BCUT2D eigenvalue weighted by Gasteiger charge is 2.11. The molecule has 1 aromatic rings. The van der Waals surface area contributed by atoms with Gasteiger partial charge in [-0.15, -0.1) is 0 Å². The molecule has 17 heavy (non-hydrogen) atoms. The second-order valence-electron chi connectivity index (χ2n) is 5.44. The van der Waals surface area contributed by atoms with Crippen LogP contribution in [0.15, 0.2) is 18.3 Å². The Hall–Kier alpha value is -1.58. The molecule has 4 heteroatoms. The van der Waals surface area contributed by atoms with E-state index >= 15 is 0 Å². The van der Waals surface area contributed by atoms with Gasteiger partial charge in [-0.25, -0.2) is 4.98 Å². The number of amides is 1. The normalized spacial score (nSPS) is 11.2. The Kier molecular flexibility index (Phi) is 4.49. The number of hydrogen-bond donors (Lipinski definition) is 2. The van der Waals surface area contributed by atoms with Crippen molar-refractivity contribution in [3.63, 3.8) is 0 Å². The maximum atomic E-state index is 11.6. The van der Waals surface area contributed by atoms with Crippen molar-refractivity contribution < 1.29 is 4.79 Å². The zero-order valence-electron chi connectivity index (χ0n) is 10.8. The molecule has 0 radical (unpaired) electrons. The monoisotopic (exact) mass is 235 g/mol. The highest BCUT2D eigenvalue weighted by Crippen LogP contribution is 2.21. The van der Waals surface area contributed by atoms with Gasteiger partial charge in [0, 0.05) is 6.42 Å². The van der Waals surface area contributed by atoms with Gasteiger partial charge in [0.05, 0.1) is 11.9 Å². The number of nitrogens with zero attached hydrogens (tertiary/aromatic N) is 1. The maximum Gasteiger partial charge on any atom is 0.225 e. The van der Waals surface area contributed by atoms with Gasteiger partial charge in [-0.3, -0.25) is 4.79 Å². The van der Waals surface area contributed by atoms with Crippen LogP contribution in [0.3, 0.4) is 0 Å². The van der Waals surface area contributed by atoms with Crippen LogP contribution >= 0.6 is 0 Å². The number of nitrogens with two attached hydrogens (primary N) is 1. The molecule has 0 bridgehead atoms. The largest absolute Gasteiger partial charge is 0.397 e. The van der Waals surface area contributed by atoms with E-state index in [1.54, 1.807) is 12.1 Å². The van der Waals surface area contributed by atoms with Crippen molar-refractivity contribution in [1.82, 2.24) is 4.98 Å². The third-order valence-corrected chi connectivity index (χ3v) is 2.38. The molecule has 0 aliphatic rings. The molecule has 94 valence electrons. The lowest BCUT2D eigenvalue weighted by atomic mass is 9.90. The summed E-state index contributed by atoms with van der Waals surface area (Å²) >= 11 is 0. The fourth-order valence-electron chi connectivity index (χ4n) is 1.46. The second-order valence-corrected chi connectivity index (χ2v) is 5.44. The van der Waals surface area contributed by atoms with Crippen LogP contribution in [0.1, 0.15) is 40.0 Å². The molecule has 0 atom stereocenters. The first kappa shape index (κ1) is 13.5. The third kappa shape index (κ3) is 5.90. The first-order valence-corrected chi connectivity index (χ1v) is 5.88. The summed E-state index contributed by atoms with van der Waals surface area (Å²) in [6.45, 7) is 6.52. The van der Waals surface area contributed by atoms with Gasteiger partial charge >= 0.3 is 0 Å². The van der Waals surface area contributed by atoms with E-state index in [0.29, 0.717) is 17.9 Å². The van der Waals surface area contributed by atoms with Crippen LogP contribution in [0, 0.1) is 5.41 Å². The van der Waals surface area contributed by atoms with E-state index in [-0.39, 0.29) is 11.3 Å². The van der Waals surface area contributed by atoms with Crippen LogP contribution in [0.4, 0.5) is 11.5 Å². The minimum absolute atomic E-state index is 0.00604. The Labute approximate surface area is 103 Å². The molecule has 1 amide bonds. The zero-order valence-corrected chi connectivity index (χ0v) is 10.8. The van der Waals surface area contributed by atoms with Crippen LogP contribution < -0.4 is 11.1 Å². The van der Waals surface area contributed by atoms with E-state index in [0.717, 1.165) is 12.8 Å². The van der Waals surface area contributed by atoms with Crippen molar-refractivity contribution in [3.05, 3.63) is 18.3 Å². The van der Waals surface area contributed by atoms with E-state index in [2.05, 4.69) is 31.1 Å². The number of hydrogen-bond acceptors (Lipinski definition) is 3. The van der Waals surface area contributed by atoms with Crippen LogP contribution in [0.5, 0.6) is 0 Å². The molecule has 0 aliphatic carbocycles. The number of carbonyl (C=O) groups excluding carboxylic acids is 1. The van der Waals surface area contributed by atoms with Gasteiger partial charge in [0.1, 0.15) is 5.82 Å². The van der Waals surface area contributed by atoms with E-state index < -0.39 is 0 Å². The summed E-state index contributed by atoms with van der Waals surface area (Å²) in [4.78, 5) is 15.6. The minimum atomic E-state index is 0.00604. The van der Waals surface area contributed by atoms with Crippen molar-refractivity contribution >= 4 is 17.4 Å². The average molecular weight is 235 g/mol. The third-order valence-electron chi connectivity index (χ3n) is 2.38. The fraction of sp³-hybridized carbons (Fsp3) is 0.538. The highest BCUT2D eigenvalue weighted by atomic mass is 16.1. The van der Waals surface area contributed by atoms with E-state index in [1.807, 2.05) is 0 Å². The van der Waals surface area contributed by atoms with Gasteiger partial charge in [-0.2, -0.15) is 0 Å². The maximum absolute atomic E-state index is 11.6. The second kappa shape index (κ2) is 5.66. The molecule has 0 saturated carbocycles. The smallest absolute Gasteiger partial charge is 0.225 e. The summed E-state index contributed by atoms with van der Waals surface area (Å²) in [6, 6.07) is 3.43. The summed E-state index contributed by atoms with van der Waals surface area (Å²) in [7, 11) is 0. The van der Waals surface area contributed by atoms with E-state index in [1.165, 1.54) is 6.20 Å². The molecular formula is C13H21N3O. The molecule has 3 N–H and O–H groups in total. The molecule has 0 aromatic carbocycles. The molecule has 1 rings (SSSR count). The number of nitrogens with one attached hydrogen (secondary N) is 1. The predicted molar refractivity (Wildman–Crippen MR) is 70.6 cm³/mol. The molecule has 1 heterocycles. The Morgan fingerprint density at radius 3 is 2.65 bits per heavy atom. The summed E-state index contributed by atoms with van der Waals surface area (Å²) in [5.74, 6) is 0.562. The molecular weight excluding hydrogens is 214 g/mol. The van der Waals surface area contributed by atoms with Crippen LogP contribution in [-0.4, -0.2) is 10.9 Å². The standard InChI is InChI=1S/C13H21N3O/c1-13(2,3)8-4-5-12(17)16-11-7-6-10(14)9-15-11/h6-7,9H,4-5,8,14H2,1-3H3,(H,15,16,17). The predicted octanol–water partition coefficient (Wildman–Crippen LogP) is 2.82. The van der Waals surface area contributed by atoms with Crippen LogP contribution in [0.25, 0.3) is 0 Å². The summed E-state index contributed by atoms with van der Waals surface area (Å²) in [5, 5.41) is 2.75. The Bertz CT molecular complexity index is 365. The van der Waals surface area contributed by atoms with Gasteiger partial charge in [-0.05, 0) is 30.4 Å². The molecule has 0 spiro atoms. The first-order valence-electron chi connectivity index (χ1n) is 5.88. The van der Waals surface area contributed by atoms with Crippen LogP contribution in [0.2, 0.25) is 0 Å². The Morgan fingerprint density at radius 1 is 1.41 bits per heavy atom. The van der Waals surface area contributed by atoms with Gasteiger partial charge in [-0.1, -0.05) is 20.8 Å². The van der Waals surface area contributed by atoms with Crippen molar-refractivity contribution in [1.29, 1.82) is 0 Å². The molecule has 0 aliphatic heterocycles. The van der Waals surface area contributed by atoms with Crippen molar-refractivity contribution in [2.75, 3.05) is 11.1 Å².